The molecule has 0 bridgehead atoms. The van der Waals surface area contributed by atoms with Crippen LogP contribution >= 0.6 is 0 Å². The first-order valence-electron chi connectivity index (χ1n) is 7.15. The van der Waals surface area contributed by atoms with Gasteiger partial charge in [-0.25, -0.2) is 0 Å². The highest BCUT2D eigenvalue weighted by Crippen LogP contribution is 2.33. The van der Waals surface area contributed by atoms with Gasteiger partial charge in [0.15, 0.2) is 0 Å². The van der Waals surface area contributed by atoms with E-state index in [9.17, 15) is 4.79 Å². The van der Waals surface area contributed by atoms with Crippen LogP contribution in [-0.4, -0.2) is 18.1 Å². The predicted molar refractivity (Wildman–Crippen MR) is 80.5 cm³/mol. The third kappa shape index (κ3) is 2.36. The number of aromatic nitrogens is 1. The molecule has 2 aromatic rings. The molecule has 0 fully saturated rings. The Morgan fingerprint density at radius 3 is 2.90 bits per heavy atom. The van der Waals surface area contributed by atoms with Crippen molar-refractivity contribution in [1.82, 2.24) is 4.98 Å². The summed E-state index contributed by atoms with van der Waals surface area (Å²) in [6, 6.07) is 8.15. The summed E-state index contributed by atoms with van der Waals surface area (Å²) >= 11 is 0. The summed E-state index contributed by atoms with van der Waals surface area (Å²) in [4.78, 5) is 15.2. The van der Waals surface area contributed by atoms with Crippen LogP contribution in [0.1, 0.15) is 36.9 Å². The van der Waals surface area contributed by atoms with Crippen LogP contribution in [0.25, 0.3) is 16.5 Å². The number of ether oxygens (including phenoxy) is 1. The molecule has 1 aromatic heterocycles. The van der Waals surface area contributed by atoms with Crippen LogP contribution in [0.4, 0.5) is 0 Å². The molecule has 0 aliphatic heterocycles. The van der Waals surface area contributed by atoms with Crippen LogP contribution in [-0.2, 0) is 16.0 Å². The lowest BCUT2D eigenvalue weighted by Crippen LogP contribution is -2.06. The Balaban J connectivity index is 2.11. The van der Waals surface area contributed by atoms with Gasteiger partial charge in [0.1, 0.15) is 0 Å². The number of esters is 1. The normalized spacial score (nSPS) is 15.2. The number of methoxy groups -OCH3 is 1. The Kier molecular flexibility index (Phi) is 3.59. The number of H-pyrrole nitrogens is 1. The third-order valence-electron chi connectivity index (χ3n) is 3.97. The fraction of sp³-hybridized carbons (Fsp3) is 0.353. The summed E-state index contributed by atoms with van der Waals surface area (Å²) in [5.74, 6) is -0.188. The van der Waals surface area contributed by atoms with Crippen molar-refractivity contribution < 1.29 is 9.53 Å². The fourth-order valence-electron chi connectivity index (χ4n) is 2.94. The first-order chi connectivity index (χ1) is 9.79. The lowest BCUT2D eigenvalue weighted by Gasteiger charge is -2.13. The first kappa shape index (κ1) is 13.0. The van der Waals surface area contributed by atoms with Crippen LogP contribution in [0.3, 0.4) is 0 Å². The maximum Gasteiger partial charge on any atom is 0.310 e. The molecule has 0 amide bonds. The molecular formula is C17H19NO2. The van der Waals surface area contributed by atoms with Gasteiger partial charge < -0.3 is 9.72 Å². The number of hydrogen-bond donors (Lipinski definition) is 1. The zero-order valence-corrected chi connectivity index (χ0v) is 11.7. The Labute approximate surface area is 118 Å². The number of nitrogens with one attached hydrogen (secondary N) is 1. The highest BCUT2D eigenvalue weighted by molar-refractivity contribution is 5.92. The van der Waals surface area contributed by atoms with Crippen LogP contribution in [0.15, 0.2) is 30.3 Å². The molecule has 3 nitrogen and oxygen atoms in total. The van der Waals surface area contributed by atoms with Crippen molar-refractivity contribution in [1.29, 1.82) is 0 Å². The molecule has 1 heterocycles. The zero-order valence-electron chi connectivity index (χ0n) is 11.7. The SMILES string of the molecule is COC(=O)Cc1c(C2=CCCCC2)[nH]c2ccccc12. The smallest absolute Gasteiger partial charge is 0.310 e. The lowest BCUT2D eigenvalue weighted by atomic mass is 9.94. The number of rotatable bonds is 3. The van der Waals surface area contributed by atoms with Gasteiger partial charge in [0.05, 0.1) is 13.5 Å². The van der Waals surface area contributed by atoms with E-state index in [1.165, 1.54) is 25.5 Å². The van der Waals surface area contributed by atoms with Gasteiger partial charge in [-0.1, -0.05) is 24.3 Å². The molecule has 0 saturated heterocycles. The van der Waals surface area contributed by atoms with E-state index in [2.05, 4.69) is 23.2 Å². The minimum atomic E-state index is -0.188. The van der Waals surface area contributed by atoms with Gasteiger partial charge in [-0.15, -0.1) is 0 Å². The van der Waals surface area contributed by atoms with Crippen molar-refractivity contribution in [3.8, 4) is 0 Å². The molecule has 3 heteroatoms. The van der Waals surface area contributed by atoms with E-state index in [4.69, 9.17) is 4.74 Å². The van der Waals surface area contributed by atoms with Crippen molar-refractivity contribution in [3.05, 3.63) is 41.6 Å². The number of hydrogen-bond acceptors (Lipinski definition) is 2. The van der Waals surface area contributed by atoms with Gasteiger partial charge in [-0.3, -0.25) is 4.79 Å². The number of allylic oxidation sites excluding steroid dienone is 2. The Hall–Kier alpha value is -2.03. The van der Waals surface area contributed by atoms with Crippen LogP contribution < -0.4 is 0 Å². The lowest BCUT2D eigenvalue weighted by molar-refractivity contribution is -0.139. The third-order valence-corrected chi connectivity index (χ3v) is 3.97. The number of benzene rings is 1. The molecule has 1 aliphatic carbocycles. The highest BCUT2D eigenvalue weighted by Gasteiger charge is 2.18. The van der Waals surface area contributed by atoms with Crippen LogP contribution in [0.5, 0.6) is 0 Å². The standard InChI is InChI=1S/C17H19NO2/c1-20-16(19)11-14-13-9-5-6-10-15(13)18-17(14)12-7-3-2-4-8-12/h5-7,9-10,18H,2-4,8,11H2,1H3. The Bertz CT molecular complexity index is 667. The second-order valence-electron chi connectivity index (χ2n) is 5.25. The number of para-hydroxylation sites is 1. The average Bonchev–Trinajstić information content (AvgIpc) is 2.87. The molecular weight excluding hydrogens is 250 g/mol. The van der Waals surface area contributed by atoms with Crippen molar-refractivity contribution in [3.63, 3.8) is 0 Å². The van der Waals surface area contributed by atoms with Gasteiger partial charge in [0.25, 0.3) is 0 Å². The van der Waals surface area contributed by atoms with E-state index in [1.807, 2.05) is 12.1 Å². The van der Waals surface area contributed by atoms with Gasteiger partial charge in [-0.05, 0) is 42.9 Å². The Morgan fingerprint density at radius 1 is 1.30 bits per heavy atom. The minimum absolute atomic E-state index is 0.188. The molecule has 0 saturated carbocycles. The first-order valence-corrected chi connectivity index (χ1v) is 7.15. The average molecular weight is 269 g/mol. The van der Waals surface area contributed by atoms with E-state index in [-0.39, 0.29) is 5.97 Å². The molecule has 1 aromatic carbocycles. The molecule has 0 unspecified atom stereocenters. The molecule has 1 aliphatic rings. The highest BCUT2D eigenvalue weighted by atomic mass is 16.5. The number of aromatic amines is 1. The minimum Gasteiger partial charge on any atom is -0.469 e. The van der Waals surface area contributed by atoms with E-state index >= 15 is 0 Å². The van der Waals surface area contributed by atoms with Crippen molar-refractivity contribution in [2.45, 2.75) is 32.1 Å². The maximum absolute atomic E-state index is 11.7. The van der Waals surface area contributed by atoms with Gasteiger partial charge in [0.2, 0.25) is 0 Å². The number of carbonyl (C=O) groups excluding carboxylic acids is 1. The number of carbonyl (C=O) groups is 1. The summed E-state index contributed by atoms with van der Waals surface area (Å²) in [6.07, 6.45) is 7.32. The molecule has 20 heavy (non-hydrogen) atoms. The topological polar surface area (TPSA) is 42.1 Å². The summed E-state index contributed by atoms with van der Waals surface area (Å²) in [5, 5.41) is 1.12. The zero-order chi connectivity index (χ0) is 13.9. The van der Waals surface area contributed by atoms with Crippen molar-refractivity contribution in [2.24, 2.45) is 0 Å². The number of fused-ring (bicyclic) bond motifs is 1. The van der Waals surface area contributed by atoms with Crippen LogP contribution in [0.2, 0.25) is 0 Å². The van der Waals surface area contributed by atoms with E-state index in [0.717, 1.165) is 35.0 Å². The van der Waals surface area contributed by atoms with Gasteiger partial charge >= 0.3 is 5.97 Å². The molecule has 1 N–H and O–H groups in total. The largest absolute Gasteiger partial charge is 0.469 e. The van der Waals surface area contributed by atoms with Gasteiger partial charge in [0, 0.05) is 16.6 Å². The molecule has 0 radical (unpaired) electrons. The summed E-state index contributed by atoms with van der Waals surface area (Å²) in [6.45, 7) is 0. The summed E-state index contributed by atoms with van der Waals surface area (Å²) in [5.41, 5.74) is 4.62. The van der Waals surface area contributed by atoms with Crippen molar-refractivity contribution >= 4 is 22.4 Å². The van der Waals surface area contributed by atoms with E-state index < -0.39 is 0 Å². The predicted octanol–water partition coefficient (Wildman–Crippen LogP) is 3.84. The molecule has 0 atom stereocenters. The maximum atomic E-state index is 11.7. The monoisotopic (exact) mass is 269 g/mol. The molecule has 0 spiro atoms. The quantitative estimate of drug-likeness (QED) is 0.860. The second-order valence-corrected chi connectivity index (χ2v) is 5.25. The van der Waals surface area contributed by atoms with E-state index in [1.54, 1.807) is 0 Å². The van der Waals surface area contributed by atoms with Crippen LogP contribution in [0, 0.1) is 0 Å². The second kappa shape index (κ2) is 5.53. The Morgan fingerprint density at radius 2 is 2.15 bits per heavy atom. The van der Waals surface area contributed by atoms with E-state index in [0.29, 0.717) is 6.42 Å². The summed E-state index contributed by atoms with van der Waals surface area (Å²) in [7, 11) is 1.44. The molecule has 104 valence electrons. The fourth-order valence-corrected chi connectivity index (χ4v) is 2.94. The van der Waals surface area contributed by atoms with Gasteiger partial charge in [-0.2, -0.15) is 0 Å². The van der Waals surface area contributed by atoms with Crippen molar-refractivity contribution in [2.75, 3.05) is 7.11 Å². The summed E-state index contributed by atoms with van der Waals surface area (Å²) < 4.78 is 4.84. The molecule has 3 rings (SSSR count).